The molecule has 0 saturated heterocycles. The van der Waals surface area contributed by atoms with Crippen molar-refractivity contribution >= 4 is 29.2 Å². The Kier molecular flexibility index (Phi) is 6.23. The van der Waals surface area contributed by atoms with E-state index in [4.69, 9.17) is 5.73 Å². The van der Waals surface area contributed by atoms with Crippen LogP contribution >= 0.6 is 0 Å². The zero-order valence-corrected chi connectivity index (χ0v) is 15.8. The van der Waals surface area contributed by atoms with Crippen LogP contribution in [-0.2, 0) is 6.54 Å². The molecule has 5 N–H and O–H groups in total. The van der Waals surface area contributed by atoms with Gasteiger partial charge in [0.2, 0.25) is 0 Å². The van der Waals surface area contributed by atoms with Crippen LogP contribution in [0.5, 0.6) is 0 Å². The van der Waals surface area contributed by atoms with E-state index >= 15 is 0 Å². The maximum atomic E-state index is 12.5. The molecule has 9 heteroatoms. The molecule has 3 rings (SSSR count). The first-order chi connectivity index (χ1) is 14.4. The van der Waals surface area contributed by atoms with Gasteiger partial charge in [-0.25, -0.2) is 4.79 Å². The summed E-state index contributed by atoms with van der Waals surface area (Å²) in [5, 5.41) is 19.0. The minimum Gasteiger partial charge on any atom is -0.619 e. The van der Waals surface area contributed by atoms with E-state index in [9.17, 15) is 19.6 Å². The molecule has 152 valence electrons. The lowest BCUT2D eigenvalue weighted by atomic mass is 10.1. The zero-order valence-electron chi connectivity index (χ0n) is 15.8. The predicted octanol–water partition coefficient (Wildman–Crippen LogP) is 1.99. The highest BCUT2D eigenvalue weighted by molar-refractivity contribution is 6.06. The van der Waals surface area contributed by atoms with Crippen LogP contribution in [0.2, 0.25) is 0 Å². The SMILES string of the molecule is NC(=O)NCc1ccc(C(=O)Nc2cccc(NC(=O)c3cc[n+]([O-])cc3)c2)cc1. The Bertz CT molecular complexity index is 1070. The molecular formula is C21H19N5O4. The van der Waals surface area contributed by atoms with E-state index in [0.29, 0.717) is 27.2 Å². The minimum absolute atomic E-state index is 0.273. The van der Waals surface area contributed by atoms with Crippen LogP contribution in [0.3, 0.4) is 0 Å². The second-order valence-electron chi connectivity index (χ2n) is 6.35. The molecule has 0 spiro atoms. The molecular weight excluding hydrogens is 386 g/mol. The zero-order chi connectivity index (χ0) is 21.5. The first-order valence-corrected chi connectivity index (χ1v) is 8.94. The lowest BCUT2D eigenvalue weighted by molar-refractivity contribution is -0.605. The number of nitrogens with two attached hydrogens (primary N) is 1. The molecule has 2 aromatic carbocycles. The van der Waals surface area contributed by atoms with Crippen molar-refractivity contribution in [1.29, 1.82) is 0 Å². The maximum Gasteiger partial charge on any atom is 0.312 e. The third-order valence-electron chi connectivity index (χ3n) is 4.13. The molecule has 1 aromatic heterocycles. The third kappa shape index (κ3) is 5.55. The fourth-order valence-electron chi connectivity index (χ4n) is 2.61. The van der Waals surface area contributed by atoms with Gasteiger partial charge in [0, 0.05) is 35.6 Å². The Balaban J connectivity index is 1.63. The van der Waals surface area contributed by atoms with Crippen molar-refractivity contribution in [2.45, 2.75) is 6.54 Å². The number of urea groups is 1. The van der Waals surface area contributed by atoms with E-state index in [1.54, 1.807) is 48.5 Å². The number of rotatable bonds is 6. The van der Waals surface area contributed by atoms with Gasteiger partial charge in [0.05, 0.1) is 5.56 Å². The van der Waals surface area contributed by atoms with Gasteiger partial charge in [-0.3, -0.25) is 9.59 Å². The Morgan fingerprint density at radius 1 is 0.833 bits per heavy atom. The molecule has 0 aliphatic heterocycles. The molecule has 0 saturated carbocycles. The van der Waals surface area contributed by atoms with Crippen LogP contribution in [0.4, 0.5) is 16.2 Å². The largest absolute Gasteiger partial charge is 0.619 e. The fraction of sp³-hybridized carbons (Fsp3) is 0.0476. The number of carbonyl (C=O) groups is 3. The highest BCUT2D eigenvalue weighted by Gasteiger charge is 2.10. The van der Waals surface area contributed by atoms with E-state index < -0.39 is 6.03 Å². The lowest BCUT2D eigenvalue weighted by Gasteiger charge is -2.09. The molecule has 9 nitrogen and oxygen atoms in total. The second-order valence-corrected chi connectivity index (χ2v) is 6.35. The molecule has 3 aromatic rings. The Morgan fingerprint density at radius 2 is 1.37 bits per heavy atom. The first-order valence-electron chi connectivity index (χ1n) is 8.94. The Labute approximate surface area is 172 Å². The van der Waals surface area contributed by atoms with Crippen LogP contribution < -0.4 is 26.4 Å². The van der Waals surface area contributed by atoms with Gasteiger partial charge in [0.15, 0.2) is 12.4 Å². The topological polar surface area (TPSA) is 140 Å². The van der Waals surface area contributed by atoms with Gasteiger partial charge in [-0.05, 0) is 35.9 Å². The van der Waals surface area contributed by atoms with Gasteiger partial charge in [0.25, 0.3) is 11.8 Å². The van der Waals surface area contributed by atoms with Gasteiger partial charge in [0.1, 0.15) is 0 Å². The number of carbonyl (C=O) groups excluding carboxylic acids is 3. The van der Waals surface area contributed by atoms with E-state index in [1.807, 2.05) is 0 Å². The number of nitrogens with one attached hydrogen (secondary N) is 3. The molecule has 0 unspecified atom stereocenters. The number of anilines is 2. The van der Waals surface area contributed by atoms with Gasteiger partial charge in [-0.1, -0.05) is 18.2 Å². The van der Waals surface area contributed by atoms with Crippen LogP contribution in [0.1, 0.15) is 26.3 Å². The summed E-state index contributed by atoms with van der Waals surface area (Å²) in [7, 11) is 0. The summed E-state index contributed by atoms with van der Waals surface area (Å²) >= 11 is 0. The van der Waals surface area contributed by atoms with E-state index in [2.05, 4.69) is 16.0 Å². The number of amides is 4. The smallest absolute Gasteiger partial charge is 0.312 e. The van der Waals surface area contributed by atoms with Gasteiger partial charge in [-0.15, -0.1) is 0 Å². The maximum absolute atomic E-state index is 12.5. The second kappa shape index (κ2) is 9.20. The fourth-order valence-corrected chi connectivity index (χ4v) is 2.61. The molecule has 0 fully saturated rings. The Morgan fingerprint density at radius 3 is 1.90 bits per heavy atom. The summed E-state index contributed by atoms with van der Waals surface area (Å²) in [5.41, 5.74) is 7.60. The van der Waals surface area contributed by atoms with Crippen LogP contribution in [0, 0.1) is 5.21 Å². The number of primary amides is 1. The average molecular weight is 405 g/mol. The summed E-state index contributed by atoms with van der Waals surface area (Å²) in [6.45, 7) is 0.273. The van der Waals surface area contributed by atoms with Gasteiger partial charge in [-0.2, -0.15) is 4.73 Å². The number of benzene rings is 2. The molecule has 0 radical (unpaired) electrons. The van der Waals surface area contributed by atoms with Crippen molar-refractivity contribution in [3.8, 4) is 0 Å². The summed E-state index contributed by atoms with van der Waals surface area (Å²) < 4.78 is 0.591. The normalized spacial score (nSPS) is 10.1. The lowest BCUT2D eigenvalue weighted by Crippen LogP contribution is -2.28. The average Bonchev–Trinajstić information content (AvgIpc) is 2.73. The quantitative estimate of drug-likeness (QED) is 0.368. The standard InChI is InChI=1S/C21H19N5O4/c22-21(29)23-13-14-4-6-15(7-5-14)19(27)24-17-2-1-3-18(12-17)25-20(28)16-8-10-26(30)11-9-16/h1-12H,13H2,(H,24,27)(H,25,28)(H3,22,23,29). The molecule has 0 aliphatic rings. The number of nitrogens with zero attached hydrogens (tertiary/aromatic N) is 1. The monoisotopic (exact) mass is 405 g/mol. The molecule has 0 atom stereocenters. The van der Waals surface area contributed by atoms with E-state index in [-0.39, 0.29) is 18.4 Å². The Hall–Kier alpha value is -4.40. The molecule has 0 aliphatic carbocycles. The van der Waals surface area contributed by atoms with Gasteiger partial charge >= 0.3 is 6.03 Å². The highest BCUT2D eigenvalue weighted by Crippen LogP contribution is 2.17. The van der Waals surface area contributed by atoms with Crippen LogP contribution in [0.25, 0.3) is 0 Å². The minimum atomic E-state index is -0.620. The predicted molar refractivity (Wildman–Crippen MR) is 111 cm³/mol. The molecule has 1 heterocycles. The summed E-state index contributed by atoms with van der Waals surface area (Å²) in [5.74, 6) is -0.699. The number of hydrogen-bond donors (Lipinski definition) is 4. The van der Waals surface area contributed by atoms with E-state index in [0.717, 1.165) is 5.56 Å². The van der Waals surface area contributed by atoms with Crippen molar-refractivity contribution in [3.63, 3.8) is 0 Å². The molecule has 30 heavy (non-hydrogen) atoms. The van der Waals surface area contributed by atoms with Crippen LogP contribution in [0.15, 0.2) is 73.1 Å². The van der Waals surface area contributed by atoms with Crippen LogP contribution in [-0.4, -0.2) is 17.8 Å². The number of aromatic nitrogens is 1. The van der Waals surface area contributed by atoms with Gasteiger partial charge < -0.3 is 26.9 Å². The number of hydrogen-bond acceptors (Lipinski definition) is 4. The third-order valence-corrected chi connectivity index (χ3v) is 4.13. The highest BCUT2D eigenvalue weighted by atomic mass is 16.5. The number of pyridine rings is 1. The van der Waals surface area contributed by atoms with Crippen molar-refractivity contribution in [2.24, 2.45) is 5.73 Å². The van der Waals surface area contributed by atoms with Crippen molar-refractivity contribution in [3.05, 3.63) is 95.0 Å². The van der Waals surface area contributed by atoms with E-state index in [1.165, 1.54) is 24.5 Å². The molecule has 0 bridgehead atoms. The molecule has 4 amide bonds. The van der Waals surface area contributed by atoms with Crippen molar-refractivity contribution in [1.82, 2.24) is 5.32 Å². The van der Waals surface area contributed by atoms with Crippen molar-refractivity contribution in [2.75, 3.05) is 10.6 Å². The summed E-state index contributed by atoms with van der Waals surface area (Å²) in [6, 6.07) is 15.6. The van der Waals surface area contributed by atoms with Crippen molar-refractivity contribution < 1.29 is 19.1 Å². The summed E-state index contributed by atoms with van der Waals surface area (Å²) in [4.78, 5) is 35.5. The first kappa shape index (κ1) is 20.3. The summed E-state index contributed by atoms with van der Waals surface area (Å²) in [6.07, 6.45) is 2.47.